The fraction of sp³-hybridized carbons (Fsp3) is 0.211. The third-order valence-electron chi connectivity index (χ3n) is 3.82. The first kappa shape index (κ1) is 19.9. The Balaban J connectivity index is 1.90. The van der Waals surface area contributed by atoms with E-state index in [9.17, 15) is 14.4 Å². The Hall–Kier alpha value is -2.42. The van der Waals surface area contributed by atoms with Crippen LogP contribution in [-0.4, -0.2) is 35.7 Å². The van der Waals surface area contributed by atoms with Crippen LogP contribution in [0.4, 0.5) is 5.69 Å². The van der Waals surface area contributed by atoms with Crippen LogP contribution < -0.4 is 11.1 Å². The van der Waals surface area contributed by atoms with Crippen LogP contribution in [0.2, 0.25) is 0 Å². The first-order valence-electron chi connectivity index (χ1n) is 8.15. The predicted molar refractivity (Wildman–Crippen MR) is 109 cm³/mol. The Bertz CT molecular complexity index is 789. The van der Waals surface area contributed by atoms with E-state index in [1.54, 1.807) is 41.3 Å². The van der Waals surface area contributed by atoms with E-state index in [2.05, 4.69) is 27.9 Å². The Morgan fingerprint density at radius 3 is 2.12 bits per heavy atom. The van der Waals surface area contributed by atoms with Crippen LogP contribution in [0.25, 0.3) is 0 Å². The summed E-state index contributed by atoms with van der Waals surface area (Å²) in [6.45, 7) is 2.73. The molecule has 6 nitrogen and oxygen atoms in total. The molecule has 0 saturated heterocycles. The van der Waals surface area contributed by atoms with Gasteiger partial charge in [0.2, 0.25) is 11.8 Å². The number of nitrogens with two attached hydrogens (primary N) is 1. The largest absolute Gasteiger partial charge is 0.366 e. The molecule has 2 aromatic rings. The van der Waals surface area contributed by atoms with Crippen molar-refractivity contribution in [3.63, 3.8) is 0 Å². The van der Waals surface area contributed by atoms with Gasteiger partial charge in [0.1, 0.15) is 0 Å². The summed E-state index contributed by atoms with van der Waals surface area (Å²) in [4.78, 5) is 37.3. The Labute approximate surface area is 165 Å². The van der Waals surface area contributed by atoms with Crippen molar-refractivity contribution in [2.45, 2.75) is 13.3 Å². The van der Waals surface area contributed by atoms with Crippen LogP contribution in [0.3, 0.4) is 0 Å². The summed E-state index contributed by atoms with van der Waals surface area (Å²) in [5.41, 5.74) is 6.74. The van der Waals surface area contributed by atoms with Gasteiger partial charge in [-0.3, -0.25) is 14.4 Å². The molecule has 3 amide bonds. The van der Waals surface area contributed by atoms with Gasteiger partial charge in [-0.1, -0.05) is 0 Å². The number of rotatable bonds is 7. The van der Waals surface area contributed by atoms with E-state index in [-0.39, 0.29) is 18.2 Å². The Morgan fingerprint density at radius 2 is 1.58 bits per heavy atom. The molecular weight excluding hydrogens is 445 g/mol. The smallest absolute Gasteiger partial charge is 0.253 e. The van der Waals surface area contributed by atoms with Crippen LogP contribution in [0, 0.1) is 3.57 Å². The van der Waals surface area contributed by atoms with Crippen molar-refractivity contribution in [3.8, 4) is 0 Å². The van der Waals surface area contributed by atoms with E-state index in [1.807, 2.05) is 19.1 Å². The lowest BCUT2D eigenvalue weighted by Gasteiger charge is -2.20. The number of amides is 3. The van der Waals surface area contributed by atoms with E-state index >= 15 is 0 Å². The van der Waals surface area contributed by atoms with Crippen LogP contribution in [0.15, 0.2) is 48.5 Å². The second-order valence-corrected chi connectivity index (χ2v) is 6.88. The topological polar surface area (TPSA) is 92.5 Å². The quantitative estimate of drug-likeness (QED) is 0.617. The van der Waals surface area contributed by atoms with Crippen molar-refractivity contribution in [1.29, 1.82) is 0 Å². The minimum Gasteiger partial charge on any atom is -0.366 e. The zero-order valence-electron chi connectivity index (χ0n) is 14.4. The van der Waals surface area contributed by atoms with Gasteiger partial charge in [-0.25, -0.2) is 0 Å². The molecule has 0 bridgehead atoms. The molecule has 0 aromatic heterocycles. The first-order valence-corrected chi connectivity index (χ1v) is 9.23. The highest BCUT2D eigenvalue weighted by Crippen LogP contribution is 2.12. The fourth-order valence-electron chi connectivity index (χ4n) is 2.36. The highest BCUT2D eigenvalue weighted by molar-refractivity contribution is 14.1. The number of hydrogen-bond donors (Lipinski definition) is 2. The van der Waals surface area contributed by atoms with Gasteiger partial charge in [0.05, 0.1) is 0 Å². The molecule has 0 radical (unpaired) electrons. The summed E-state index contributed by atoms with van der Waals surface area (Å²) in [7, 11) is 0. The third-order valence-corrected chi connectivity index (χ3v) is 4.54. The normalized spacial score (nSPS) is 10.2. The summed E-state index contributed by atoms with van der Waals surface area (Å²) in [6, 6.07) is 13.7. The average molecular weight is 465 g/mol. The molecule has 0 aliphatic rings. The lowest BCUT2D eigenvalue weighted by Crippen LogP contribution is -2.33. The SMILES string of the molecule is CCN(CCC(=O)Nc1ccc(C(N)=O)cc1)C(=O)c1ccc(I)cc1. The number of carbonyl (C=O) groups is 3. The minimum atomic E-state index is -0.518. The monoisotopic (exact) mass is 465 g/mol. The van der Waals surface area contributed by atoms with E-state index < -0.39 is 5.91 Å². The van der Waals surface area contributed by atoms with Crippen LogP contribution in [0.5, 0.6) is 0 Å². The second kappa shape index (κ2) is 9.33. The van der Waals surface area contributed by atoms with Crippen LogP contribution in [-0.2, 0) is 4.79 Å². The molecule has 2 aromatic carbocycles. The fourth-order valence-corrected chi connectivity index (χ4v) is 2.72. The van der Waals surface area contributed by atoms with Crippen LogP contribution in [0.1, 0.15) is 34.1 Å². The second-order valence-electron chi connectivity index (χ2n) is 5.63. The maximum atomic E-state index is 12.5. The predicted octanol–water partition coefficient (Wildman–Crippen LogP) is 2.88. The third kappa shape index (κ3) is 5.55. The van der Waals surface area contributed by atoms with Gasteiger partial charge in [0, 0.05) is 39.9 Å². The molecule has 0 spiro atoms. The number of halogens is 1. The van der Waals surface area contributed by atoms with E-state index in [0.29, 0.717) is 29.9 Å². The summed E-state index contributed by atoms with van der Waals surface area (Å²) < 4.78 is 1.06. The summed E-state index contributed by atoms with van der Waals surface area (Å²) in [5, 5.41) is 2.74. The zero-order chi connectivity index (χ0) is 19.1. The van der Waals surface area contributed by atoms with Crippen molar-refractivity contribution in [3.05, 3.63) is 63.2 Å². The van der Waals surface area contributed by atoms with Gasteiger partial charge < -0.3 is 16.0 Å². The Kier molecular flexibility index (Phi) is 7.14. The Morgan fingerprint density at radius 1 is 1.00 bits per heavy atom. The number of primary amides is 1. The van der Waals surface area contributed by atoms with Crippen molar-refractivity contribution in [2.24, 2.45) is 5.73 Å². The average Bonchev–Trinajstić information content (AvgIpc) is 2.63. The van der Waals surface area contributed by atoms with Crippen molar-refractivity contribution in [1.82, 2.24) is 4.90 Å². The van der Waals surface area contributed by atoms with Gasteiger partial charge in [0.15, 0.2) is 0 Å². The maximum absolute atomic E-state index is 12.5. The molecule has 0 unspecified atom stereocenters. The highest BCUT2D eigenvalue weighted by atomic mass is 127. The van der Waals surface area contributed by atoms with Crippen molar-refractivity contribution >= 4 is 46.0 Å². The molecule has 0 aliphatic heterocycles. The minimum absolute atomic E-state index is 0.0949. The summed E-state index contributed by atoms with van der Waals surface area (Å²) >= 11 is 2.18. The number of anilines is 1. The summed E-state index contributed by atoms with van der Waals surface area (Å²) in [5.74, 6) is -0.816. The first-order chi connectivity index (χ1) is 12.4. The van der Waals surface area contributed by atoms with Gasteiger partial charge in [-0.2, -0.15) is 0 Å². The molecule has 2 rings (SSSR count). The number of nitrogens with zero attached hydrogens (tertiary/aromatic N) is 1. The molecule has 0 saturated carbocycles. The maximum Gasteiger partial charge on any atom is 0.253 e. The van der Waals surface area contributed by atoms with E-state index in [1.165, 1.54) is 0 Å². The molecule has 0 aliphatic carbocycles. The molecular formula is C19H20IN3O3. The van der Waals surface area contributed by atoms with E-state index in [0.717, 1.165) is 3.57 Å². The van der Waals surface area contributed by atoms with Gasteiger partial charge in [0.25, 0.3) is 5.91 Å². The molecule has 0 atom stereocenters. The molecule has 0 fully saturated rings. The van der Waals surface area contributed by atoms with Gasteiger partial charge in [-0.05, 0) is 78.0 Å². The number of benzene rings is 2. The van der Waals surface area contributed by atoms with E-state index in [4.69, 9.17) is 5.73 Å². The zero-order valence-corrected chi connectivity index (χ0v) is 16.5. The van der Waals surface area contributed by atoms with Gasteiger partial charge >= 0.3 is 0 Å². The molecule has 7 heteroatoms. The molecule has 0 heterocycles. The highest BCUT2D eigenvalue weighted by Gasteiger charge is 2.15. The standard InChI is InChI=1S/C19H20IN3O3/c1-2-23(19(26)14-3-7-15(20)8-4-14)12-11-17(24)22-16-9-5-13(6-10-16)18(21)25/h3-10H,2,11-12H2,1H3,(H2,21,25)(H,22,24). The lowest BCUT2D eigenvalue weighted by atomic mass is 10.2. The number of hydrogen-bond acceptors (Lipinski definition) is 3. The van der Waals surface area contributed by atoms with Gasteiger partial charge in [-0.15, -0.1) is 0 Å². The molecule has 26 heavy (non-hydrogen) atoms. The number of nitrogens with one attached hydrogen (secondary N) is 1. The molecule has 136 valence electrons. The van der Waals surface area contributed by atoms with Crippen LogP contribution >= 0.6 is 22.6 Å². The lowest BCUT2D eigenvalue weighted by molar-refractivity contribution is -0.116. The summed E-state index contributed by atoms with van der Waals surface area (Å²) in [6.07, 6.45) is 0.182. The van der Waals surface area contributed by atoms with Crippen molar-refractivity contribution in [2.75, 3.05) is 18.4 Å². The van der Waals surface area contributed by atoms with Crippen molar-refractivity contribution < 1.29 is 14.4 Å². The molecule has 3 N–H and O–H groups in total. The number of carbonyl (C=O) groups excluding carboxylic acids is 3.